The van der Waals surface area contributed by atoms with E-state index in [1.807, 2.05) is 30.3 Å². The number of carbonyl (C=O) groups excluding carboxylic acids is 1. The maximum Gasteiger partial charge on any atom is 0.308 e. The second kappa shape index (κ2) is 6.56. The Balaban J connectivity index is 1.62. The molecule has 0 aliphatic carbocycles. The monoisotopic (exact) mass is 312 g/mol. The minimum absolute atomic E-state index is 0.0443. The third-order valence-corrected chi connectivity index (χ3v) is 4.26. The van der Waals surface area contributed by atoms with Crippen LogP contribution < -0.4 is 9.88 Å². The number of Topliss-reactive ketones (excluding diaryl/α,β-unsaturated/α-hetero) is 1. The number of H-pyrrole nitrogens is 1. The number of pyridine rings is 1. The number of anilines is 1. The van der Waals surface area contributed by atoms with Gasteiger partial charge < -0.3 is 0 Å². The Morgan fingerprint density at radius 2 is 1.83 bits per heavy atom. The van der Waals surface area contributed by atoms with Crippen molar-refractivity contribution >= 4 is 17.3 Å². The molecule has 0 radical (unpaired) electrons. The molecule has 0 saturated carbocycles. The number of piperidine rings is 1. The van der Waals surface area contributed by atoms with Crippen molar-refractivity contribution in [2.45, 2.75) is 12.8 Å². The highest BCUT2D eigenvalue weighted by Gasteiger charge is 2.30. The van der Waals surface area contributed by atoms with Crippen molar-refractivity contribution in [1.29, 1.82) is 0 Å². The van der Waals surface area contributed by atoms with E-state index in [2.05, 4.69) is 9.88 Å². The predicted molar refractivity (Wildman–Crippen MR) is 85.4 cm³/mol. The highest BCUT2D eigenvalue weighted by molar-refractivity contribution is 5.97. The summed E-state index contributed by atoms with van der Waals surface area (Å²) in [7, 11) is 0. The smallest absolute Gasteiger partial charge is 0.294 e. The van der Waals surface area contributed by atoms with Crippen LogP contribution in [-0.2, 0) is 0 Å². The van der Waals surface area contributed by atoms with Crippen molar-refractivity contribution in [1.82, 2.24) is 0 Å². The van der Waals surface area contributed by atoms with Gasteiger partial charge in [0.25, 0.3) is 5.82 Å². The van der Waals surface area contributed by atoms with E-state index in [-0.39, 0.29) is 17.4 Å². The number of ketones is 1. The van der Waals surface area contributed by atoms with E-state index in [1.165, 1.54) is 12.3 Å². The number of rotatable bonds is 4. The molecule has 3 rings (SSSR count). The summed E-state index contributed by atoms with van der Waals surface area (Å²) in [6.07, 6.45) is 2.98. The Bertz CT molecular complexity index is 693. The summed E-state index contributed by atoms with van der Waals surface area (Å²) in [5.41, 5.74) is 0.815. The van der Waals surface area contributed by atoms with Gasteiger partial charge in [-0.15, -0.1) is 0 Å². The number of nitrogens with one attached hydrogen (secondary N) is 1. The van der Waals surface area contributed by atoms with Crippen LogP contribution in [0.1, 0.15) is 23.2 Å². The van der Waals surface area contributed by atoms with Crippen molar-refractivity contribution in [2.24, 2.45) is 5.92 Å². The Labute approximate surface area is 133 Å². The lowest BCUT2D eigenvalue weighted by atomic mass is 9.89. The highest BCUT2D eigenvalue weighted by Crippen LogP contribution is 2.24. The first-order valence-corrected chi connectivity index (χ1v) is 7.65. The molecule has 0 atom stereocenters. The number of benzene rings is 1. The van der Waals surface area contributed by atoms with Gasteiger partial charge in [-0.1, -0.05) is 30.3 Å². The average Bonchev–Trinajstić information content (AvgIpc) is 2.62. The molecule has 1 fully saturated rings. The van der Waals surface area contributed by atoms with Crippen LogP contribution in [0.5, 0.6) is 0 Å². The number of nitro groups is 1. The van der Waals surface area contributed by atoms with Crippen molar-refractivity contribution in [2.75, 3.05) is 18.0 Å². The zero-order valence-corrected chi connectivity index (χ0v) is 12.6. The molecule has 1 aliphatic heterocycles. The molecule has 6 nitrogen and oxygen atoms in total. The summed E-state index contributed by atoms with van der Waals surface area (Å²) in [6, 6.07) is 12.6. The Kier molecular flexibility index (Phi) is 4.32. The van der Waals surface area contributed by atoms with Crippen LogP contribution in [0.4, 0.5) is 11.5 Å². The minimum atomic E-state index is -0.426. The van der Waals surface area contributed by atoms with Gasteiger partial charge in [-0.25, -0.2) is 4.98 Å². The van der Waals surface area contributed by atoms with Gasteiger partial charge in [-0.3, -0.25) is 19.8 Å². The Hall–Kier alpha value is -2.76. The highest BCUT2D eigenvalue weighted by atomic mass is 16.6. The molecule has 0 spiro atoms. The molecule has 0 unspecified atom stereocenters. The number of hydrogen-bond donors (Lipinski definition) is 0. The number of nitrogens with zero attached hydrogens (tertiary/aromatic N) is 2. The van der Waals surface area contributed by atoms with Gasteiger partial charge in [0.05, 0.1) is 18.0 Å². The largest absolute Gasteiger partial charge is 0.308 e. The van der Waals surface area contributed by atoms with Gasteiger partial charge in [0.2, 0.25) is 0 Å². The summed E-state index contributed by atoms with van der Waals surface area (Å²) >= 11 is 0. The van der Waals surface area contributed by atoms with E-state index in [0.29, 0.717) is 0 Å². The average molecular weight is 312 g/mol. The Morgan fingerprint density at radius 1 is 1.13 bits per heavy atom. The SMILES string of the molecule is O=C(c1ccccc1)C1CCN(c2ccc([N+](=O)[O-])c[nH+]2)CC1. The van der Waals surface area contributed by atoms with Gasteiger partial charge in [-0.2, -0.15) is 0 Å². The first-order chi connectivity index (χ1) is 11.1. The predicted octanol–water partition coefficient (Wildman–Crippen LogP) is 2.51. The third kappa shape index (κ3) is 3.36. The van der Waals surface area contributed by atoms with Crippen molar-refractivity contribution in [3.63, 3.8) is 0 Å². The van der Waals surface area contributed by atoms with Crippen molar-refractivity contribution < 1.29 is 14.7 Å². The van der Waals surface area contributed by atoms with Crippen molar-refractivity contribution in [3.05, 3.63) is 64.3 Å². The van der Waals surface area contributed by atoms with Crippen LogP contribution in [0.2, 0.25) is 0 Å². The number of carbonyl (C=O) groups is 1. The normalized spacial score (nSPS) is 15.4. The lowest BCUT2D eigenvalue weighted by Gasteiger charge is -2.26. The van der Waals surface area contributed by atoms with Gasteiger partial charge in [0.1, 0.15) is 0 Å². The molecule has 1 N–H and O–H groups in total. The van der Waals surface area contributed by atoms with Crippen LogP contribution in [0.25, 0.3) is 0 Å². The molecular formula is C17H18N3O3+. The fourth-order valence-electron chi connectivity index (χ4n) is 2.94. The molecule has 1 saturated heterocycles. The first kappa shape index (κ1) is 15.1. The fourth-order valence-corrected chi connectivity index (χ4v) is 2.94. The van der Waals surface area contributed by atoms with E-state index < -0.39 is 4.92 Å². The lowest BCUT2D eigenvalue weighted by molar-refractivity contribution is -0.414. The molecule has 2 aromatic rings. The zero-order chi connectivity index (χ0) is 16.2. The van der Waals surface area contributed by atoms with E-state index in [0.717, 1.165) is 37.3 Å². The van der Waals surface area contributed by atoms with Crippen LogP contribution in [0.3, 0.4) is 0 Å². The summed E-state index contributed by atoms with van der Waals surface area (Å²) < 4.78 is 0. The maximum absolute atomic E-state index is 12.5. The van der Waals surface area contributed by atoms with Gasteiger partial charge >= 0.3 is 5.69 Å². The standard InChI is InChI=1S/C17H17N3O3/c21-17(13-4-2-1-3-5-13)14-8-10-19(11-9-14)16-7-6-15(12-18-16)20(22)23/h1-7,12,14H,8-11H2/p+1. The topological polar surface area (TPSA) is 77.6 Å². The molecule has 0 amide bonds. The molecule has 118 valence electrons. The van der Waals surface area contributed by atoms with Crippen molar-refractivity contribution in [3.8, 4) is 0 Å². The molecule has 2 heterocycles. The minimum Gasteiger partial charge on any atom is -0.294 e. The summed E-state index contributed by atoms with van der Waals surface area (Å²) in [4.78, 5) is 27.8. The zero-order valence-electron chi connectivity index (χ0n) is 12.6. The molecule has 1 aromatic carbocycles. The number of hydrogen-bond acceptors (Lipinski definition) is 4. The van der Waals surface area contributed by atoms with E-state index in [1.54, 1.807) is 6.07 Å². The second-order valence-corrected chi connectivity index (χ2v) is 5.68. The number of aromatic amines is 1. The molecular weight excluding hydrogens is 294 g/mol. The summed E-state index contributed by atoms with van der Waals surface area (Å²) in [5, 5.41) is 10.7. The van der Waals surface area contributed by atoms with Crippen LogP contribution in [-0.4, -0.2) is 23.8 Å². The first-order valence-electron chi connectivity index (χ1n) is 7.65. The van der Waals surface area contributed by atoms with Crippen LogP contribution in [0, 0.1) is 16.0 Å². The van der Waals surface area contributed by atoms with Gasteiger partial charge in [0, 0.05) is 23.6 Å². The second-order valence-electron chi connectivity index (χ2n) is 5.68. The summed E-state index contributed by atoms with van der Waals surface area (Å²) in [5.74, 6) is 1.10. The lowest BCUT2D eigenvalue weighted by Crippen LogP contribution is -2.39. The molecule has 0 bridgehead atoms. The molecule has 1 aromatic heterocycles. The van der Waals surface area contributed by atoms with E-state index >= 15 is 0 Å². The Morgan fingerprint density at radius 3 is 2.39 bits per heavy atom. The number of aromatic nitrogens is 1. The van der Waals surface area contributed by atoms with Gasteiger partial charge in [-0.05, 0) is 12.8 Å². The maximum atomic E-state index is 12.5. The van der Waals surface area contributed by atoms with E-state index in [4.69, 9.17) is 0 Å². The third-order valence-electron chi connectivity index (χ3n) is 4.26. The quantitative estimate of drug-likeness (QED) is 0.494. The fraction of sp³-hybridized carbons (Fsp3) is 0.294. The van der Waals surface area contributed by atoms with Gasteiger partial charge in [0.15, 0.2) is 12.0 Å². The molecule has 6 heteroatoms. The molecule has 23 heavy (non-hydrogen) atoms. The molecule has 1 aliphatic rings. The summed E-state index contributed by atoms with van der Waals surface area (Å²) in [6.45, 7) is 1.52. The van der Waals surface area contributed by atoms with Crippen LogP contribution in [0.15, 0.2) is 48.7 Å². The van der Waals surface area contributed by atoms with Crippen LogP contribution >= 0.6 is 0 Å². The van der Waals surface area contributed by atoms with E-state index in [9.17, 15) is 14.9 Å².